The Kier molecular flexibility index (Phi) is 2.81. The molecular weight excluding hydrogens is 308 g/mol. The van der Waals surface area contributed by atoms with Gasteiger partial charge in [0.05, 0.1) is 0 Å². The minimum absolute atomic E-state index is 0.296. The van der Waals surface area contributed by atoms with Crippen molar-refractivity contribution < 1.29 is 9.90 Å². The van der Waals surface area contributed by atoms with Crippen molar-refractivity contribution >= 4 is 23.6 Å². The van der Waals surface area contributed by atoms with Gasteiger partial charge in [-0.1, -0.05) is 0 Å². The molecule has 8 heteroatoms. The van der Waals surface area contributed by atoms with Crippen LogP contribution in [0.1, 0.15) is 19.8 Å². The Balaban J connectivity index is 1.43. The van der Waals surface area contributed by atoms with Crippen LogP contribution in [0.15, 0.2) is 12.4 Å². The fourth-order valence-corrected chi connectivity index (χ4v) is 4.27. The summed E-state index contributed by atoms with van der Waals surface area (Å²) >= 11 is 0. The molecule has 1 aliphatic carbocycles. The van der Waals surface area contributed by atoms with Gasteiger partial charge in [-0.25, -0.2) is 4.98 Å². The van der Waals surface area contributed by atoms with E-state index in [1.165, 1.54) is 6.42 Å². The Morgan fingerprint density at radius 2 is 2.12 bits per heavy atom. The number of hydrogen-bond donors (Lipinski definition) is 1. The average molecular weight is 328 g/mol. The molecule has 2 aromatic heterocycles. The van der Waals surface area contributed by atoms with E-state index >= 15 is 0 Å². The van der Waals surface area contributed by atoms with E-state index in [2.05, 4.69) is 26.7 Å². The minimum Gasteiger partial charge on any atom is -0.481 e. The molecule has 0 radical (unpaired) electrons. The van der Waals surface area contributed by atoms with Crippen molar-refractivity contribution in [3.05, 3.63) is 12.4 Å². The van der Waals surface area contributed by atoms with Crippen LogP contribution in [0, 0.1) is 17.8 Å². The van der Waals surface area contributed by atoms with E-state index in [0.717, 1.165) is 31.5 Å². The summed E-state index contributed by atoms with van der Waals surface area (Å²) < 4.78 is 1.94. The molecule has 0 aromatic carbocycles. The molecule has 3 aliphatic rings. The second-order valence-corrected chi connectivity index (χ2v) is 7.25. The molecule has 1 saturated carbocycles. The number of aromatic nitrogens is 4. The molecule has 24 heavy (non-hydrogen) atoms. The summed E-state index contributed by atoms with van der Waals surface area (Å²) in [5, 5.41) is 8.98. The zero-order valence-electron chi connectivity index (χ0n) is 13.5. The SMILES string of the molecule is C[C@H]1CCN1c1nc(N2C[C@@H]3C(CC(=O)O)[C@@H]3C2)n2ccnc2n1. The fraction of sp³-hybridized carbons (Fsp3) is 0.625. The molecular formula is C16H20N6O2. The summed E-state index contributed by atoms with van der Waals surface area (Å²) in [4.78, 5) is 29.1. The van der Waals surface area contributed by atoms with Crippen molar-refractivity contribution in [1.82, 2.24) is 19.4 Å². The summed E-state index contributed by atoms with van der Waals surface area (Å²) in [7, 11) is 0. The molecule has 8 nitrogen and oxygen atoms in total. The average Bonchev–Trinajstić information content (AvgIpc) is 2.97. The first-order valence-corrected chi connectivity index (χ1v) is 8.56. The van der Waals surface area contributed by atoms with Crippen molar-refractivity contribution in [2.75, 3.05) is 29.4 Å². The van der Waals surface area contributed by atoms with Crippen LogP contribution in [0.4, 0.5) is 11.9 Å². The number of carboxylic acids is 1. The van der Waals surface area contributed by atoms with Gasteiger partial charge in [-0.15, -0.1) is 0 Å². The predicted molar refractivity (Wildman–Crippen MR) is 87.1 cm³/mol. The van der Waals surface area contributed by atoms with Gasteiger partial charge >= 0.3 is 5.97 Å². The standard InChI is InChI=1S/C16H20N6O2/c1-9-2-4-21(9)15-18-14-17-3-5-22(14)16(19-15)20-7-11-10(6-13(23)24)12(11)8-20/h3,5,9-12H,2,4,6-8H2,1H3,(H,23,24)/t9-,10?,11-,12+/m0/s1. The Morgan fingerprint density at radius 1 is 1.33 bits per heavy atom. The predicted octanol–water partition coefficient (Wildman–Crippen LogP) is 0.880. The van der Waals surface area contributed by atoms with Gasteiger partial charge in [0.25, 0.3) is 0 Å². The van der Waals surface area contributed by atoms with Gasteiger partial charge < -0.3 is 14.9 Å². The lowest BCUT2D eigenvalue weighted by molar-refractivity contribution is -0.137. The zero-order chi connectivity index (χ0) is 16.4. The summed E-state index contributed by atoms with van der Waals surface area (Å²) in [6.45, 7) is 4.93. The molecule has 4 heterocycles. The highest BCUT2D eigenvalue weighted by Crippen LogP contribution is 2.54. The summed E-state index contributed by atoms with van der Waals surface area (Å²) in [5.41, 5.74) is 0. The van der Waals surface area contributed by atoms with E-state index in [1.807, 2.05) is 10.6 Å². The normalized spacial score (nSPS) is 31.2. The quantitative estimate of drug-likeness (QED) is 0.891. The molecule has 1 unspecified atom stereocenters. The summed E-state index contributed by atoms with van der Waals surface area (Å²) in [5.74, 6) is 2.94. The molecule has 0 spiro atoms. The first-order chi connectivity index (χ1) is 11.6. The van der Waals surface area contributed by atoms with Crippen molar-refractivity contribution in [2.24, 2.45) is 17.8 Å². The molecule has 4 atom stereocenters. The molecule has 3 fully saturated rings. The number of piperidine rings is 1. The Bertz CT molecular complexity index is 808. The van der Waals surface area contributed by atoms with Crippen LogP contribution in [0.25, 0.3) is 5.78 Å². The second-order valence-electron chi connectivity index (χ2n) is 7.25. The number of nitrogens with zero attached hydrogens (tertiary/aromatic N) is 6. The molecule has 2 aliphatic heterocycles. The first kappa shape index (κ1) is 14.0. The van der Waals surface area contributed by atoms with E-state index in [1.54, 1.807) is 6.20 Å². The monoisotopic (exact) mass is 328 g/mol. The highest BCUT2D eigenvalue weighted by atomic mass is 16.4. The van der Waals surface area contributed by atoms with Gasteiger partial charge in [0.15, 0.2) is 0 Å². The van der Waals surface area contributed by atoms with Gasteiger partial charge in [-0.3, -0.25) is 9.20 Å². The molecule has 0 bridgehead atoms. The summed E-state index contributed by atoms with van der Waals surface area (Å²) in [6, 6.07) is 0.474. The van der Waals surface area contributed by atoms with Gasteiger partial charge in [0.2, 0.25) is 17.7 Å². The number of carbonyl (C=O) groups is 1. The highest BCUT2D eigenvalue weighted by molar-refractivity contribution is 5.68. The number of hydrogen-bond acceptors (Lipinski definition) is 6. The van der Waals surface area contributed by atoms with E-state index in [9.17, 15) is 4.79 Å². The van der Waals surface area contributed by atoms with Crippen molar-refractivity contribution in [3.63, 3.8) is 0 Å². The van der Waals surface area contributed by atoms with Crippen LogP contribution < -0.4 is 9.80 Å². The van der Waals surface area contributed by atoms with Crippen LogP contribution in [0.3, 0.4) is 0 Å². The van der Waals surface area contributed by atoms with E-state index in [0.29, 0.717) is 36.0 Å². The third-order valence-electron chi connectivity index (χ3n) is 5.88. The Labute approximate surface area is 139 Å². The molecule has 5 rings (SSSR count). The van der Waals surface area contributed by atoms with Crippen LogP contribution in [0.5, 0.6) is 0 Å². The maximum atomic E-state index is 10.9. The van der Waals surface area contributed by atoms with E-state index in [4.69, 9.17) is 10.1 Å². The number of rotatable bonds is 4. The van der Waals surface area contributed by atoms with Crippen molar-refractivity contribution in [1.29, 1.82) is 0 Å². The van der Waals surface area contributed by atoms with Gasteiger partial charge in [0.1, 0.15) is 0 Å². The van der Waals surface area contributed by atoms with Gasteiger partial charge in [-0.2, -0.15) is 9.97 Å². The lowest BCUT2D eigenvalue weighted by atomic mass is 10.1. The fourth-order valence-electron chi connectivity index (χ4n) is 4.27. The molecule has 0 amide bonds. The number of fused-ring (bicyclic) bond motifs is 2. The first-order valence-electron chi connectivity index (χ1n) is 8.56. The van der Waals surface area contributed by atoms with Gasteiger partial charge in [-0.05, 0) is 31.1 Å². The number of anilines is 2. The second kappa shape index (κ2) is 4.81. The maximum absolute atomic E-state index is 10.9. The summed E-state index contributed by atoms with van der Waals surface area (Å²) in [6.07, 6.45) is 5.11. The minimum atomic E-state index is -0.686. The van der Waals surface area contributed by atoms with Crippen molar-refractivity contribution in [3.8, 4) is 0 Å². The largest absolute Gasteiger partial charge is 0.481 e. The third kappa shape index (κ3) is 1.98. The lowest BCUT2D eigenvalue weighted by Gasteiger charge is -2.39. The number of imidazole rings is 1. The number of aliphatic carboxylic acids is 1. The van der Waals surface area contributed by atoms with Gasteiger partial charge in [0, 0.05) is 44.5 Å². The topological polar surface area (TPSA) is 86.9 Å². The molecule has 1 N–H and O–H groups in total. The third-order valence-corrected chi connectivity index (χ3v) is 5.88. The van der Waals surface area contributed by atoms with E-state index < -0.39 is 5.97 Å². The smallest absolute Gasteiger partial charge is 0.303 e. The lowest BCUT2D eigenvalue weighted by Crippen LogP contribution is -2.47. The Hall–Kier alpha value is -2.38. The molecule has 2 saturated heterocycles. The van der Waals surface area contributed by atoms with E-state index in [-0.39, 0.29) is 0 Å². The molecule has 2 aromatic rings. The van der Waals surface area contributed by atoms with Crippen LogP contribution in [-0.4, -0.2) is 56.1 Å². The maximum Gasteiger partial charge on any atom is 0.303 e. The van der Waals surface area contributed by atoms with Crippen LogP contribution in [-0.2, 0) is 4.79 Å². The highest BCUT2D eigenvalue weighted by Gasteiger charge is 2.56. The number of carboxylic acid groups (broad SMARTS) is 1. The van der Waals surface area contributed by atoms with Crippen LogP contribution in [0.2, 0.25) is 0 Å². The molecule has 126 valence electrons. The Morgan fingerprint density at radius 3 is 2.75 bits per heavy atom. The van der Waals surface area contributed by atoms with Crippen molar-refractivity contribution in [2.45, 2.75) is 25.8 Å². The zero-order valence-corrected chi connectivity index (χ0v) is 13.5. The van der Waals surface area contributed by atoms with Crippen LogP contribution >= 0.6 is 0 Å².